The van der Waals surface area contributed by atoms with Gasteiger partial charge in [-0.1, -0.05) is 54.6 Å². The van der Waals surface area contributed by atoms with E-state index in [1.54, 1.807) is 0 Å². The Morgan fingerprint density at radius 1 is 0.962 bits per heavy atom. The number of fused-ring (bicyclic) bond motifs is 2. The molecule has 1 unspecified atom stereocenters. The third-order valence-electron chi connectivity index (χ3n) is 10.3. The lowest BCUT2D eigenvalue weighted by molar-refractivity contribution is 0.0512. The van der Waals surface area contributed by atoms with Gasteiger partial charge in [-0.05, 0) is 74.4 Å². The number of aryl methyl sites for hydroxylation is 2. The number of para-hydroxylation sites is 1. The van der Waals surface area contributed by atoms with E-state index in [9.17, 15) is 9.90 Å². The molecule has 5 aromatic rings. The van der Waals surface area contributed by atoms with E-state index in [-0.39, 0.29) is 25.2 Å². The average molecular weight is 718 g/mol. The van der Waals surface area contributed by atoms with Gasteiger partial charge in [-0.3, -0.25) is 0 Å². The van der Waals surface area contributed by atoms with Crippen molar-refractivity contribution in [3.8, 4) is 5.75 Å². The second-order valence-electron chi connectivity index (χ2n) is 13.7. The van der Waals surface area contributed by atoms with Crippen LogP contribution in [-0.4, -0.2) is 86.4 Å². The van der Waals surface area contributed by atoms with Gasteiger partial charge in [0.1, 0.15) is 11.4 Å². The minimum atomic E-state index is -0.322. The van der Waals surface area contributed by atoms with Crippen molar-refractivity contribution in [2.45, 2.75) is 45.7 Å². The monoisotopic (exact) mass is 717 g/mol. The number of aliphatic hydroxyl groups is 1. The van der Waals surface area contributed by atoms with Gasteiger partial charge in [-0.25, -0.2) is 10.2 Å². The minimum Gasteiger partial charge on any atom is -0.493 e. The summed E-state index contributed by atoms with van der Waals surface area (Å²) in [7, 11) is 1.93. The fraction of sp³-hybridized carbons (Fsp3) is 0.372. The molecule has 1 aromatic heterocycles. The first-order chi connectivity index (χ1) is 26.0. The summed E-state index contributed by atoms with van der Waals surface area (Å²) in [5.41, 5.74) is 11.1. The quantitative estimate of drug-likeness (QED) is 0.0792. The molecule has 10 heteroatoms. The molecule has 2 aliphatic heterocycles. The van der Waals surface area contributed by atoms with Crippen LogP contribution in [0.3, 0.4) is 0 Å². The Labute approximate surface area is 311 Å². The zero-order valence-electron chi connectivity index (χ0n) is 31.1. The zero-order valence-corrected chi connectivity index (χ0v) is 31.1. The number of likely N-dealkylation sites (N-methyl/N-ethyl adjacent to an activating group) is 1. The predicted molar refractivity (Wildman–Crippen MR) is 213 cm³/mol. The van der Waals surface area contributed by atoms with Crippen LogP contribution in [0.15, 0.2) is 90.6 Å². The number of nitrogens with zero attached hydrogens (tertiary/aromatic N) is 3. The zero-order chi connectivity index (χ0) is 36.7. The molecule has 3 heterocycles. The fourth-order valence-electron chi connectivity index (χ4n) is 7.88. The molecule has 2 aliphatic rings. The molecule has 0 aliphatic carbocycles. The van der Waals surface area contributed by atoms with Crippen LogP contribution in [0, 0.1) is 0 Å². The normalized spacial score (nSPS) is 16.2. The molecule has 0 radical (unpaired) electrons. The van der Waals surface area contributed by atoms with E-state index in [1.165, 1.54) is 5.69 Å². The molecule has 0 bridgehead atoms. The number of morpholine rings is 1. The van der Waals surface area contributed by atoms with Crippen LogP contribution in [0.4, 0.5) is 11.4 Å². The van der Waals surface area contributed by atoms with E-state index in [2.05, 4.69) is 87.8 Å². The predicted octanol–water partition coefficient (Wildman–Crippen LogP) is 6.86. The van der Waals surface area contributed by atoms with E-state index in [4.69, 9.17) is 14.2 Å². The highest BCUT2D eigenvalue weighted by Gasteiger charge is 2.31. The van der Waals surface area contributed by atoms with Crippen molar-refractivity contribution >= 4 is 44.6 Å². The molecule has 10 nitrogen and oxygen atoms in total. The Bertz CT molecular complexity index is 2060. The molecular weight excluding hydrogens is 667 g/mol. The van der Waals surface area contributed by atoms with Crippen LogP contribution < -0.4 is 20.4 Å². The lowest BCUT2D eigenvalue weighted by atomic mass is 9.95. The molecule has 278 valence electrons. The maximum absolute atomic E-state index is 14.0. The van der Waals surface area contributed by atoms with Gasteiger partial charge in [-0.2, -0.15) is 0 Å². The van der Waals surface area contributed by atoms with Crippen molar-refractivity contribution in [2.24, 2.45) is 0 Å². The highest BCUT2D eigenvalue weighted by molar-refractivity contribution is 6.03. The molecule has 4 aromatic carbocycles. The summed E-state index contributed by atoms with van der Waals surface area (Å²) in [5, 5.41) is 19.2. The summed E-state index contributed by atoms with van der Waals surface area (Å²) in [4.78, 5) is 16.3. The number of esters is 1. The molecule has 1 saturated heterocycles. The van der Waals surface area contributed by atoms with Gasteiger partial charge in [0, 0.05) is 66.5 Å². The summed E-state index contributed by atoms with van der Waals surface area (Å²) in [6.07, 6.45) is 2.13. The molecule has 53 heavy (non-hydrogen) atoms. The lowest BCUT2D eigenvalue weighted by Crippen LogP contribution is -2.36. The molecule has 3 N–H and O–H groups in total. The first-order valence-electron chi connectivity index (χ1n) is 18.9. The highest BCUT2D eigenvalue weighted by Crippen LogP contribution is 2.38. The number of benzene rings is 4. The van der Waals surface area contributed by atoms with E-state index >= 15 is 0 Å². The van der Waals surface area contributed by atoms with Gasteiger partial charge in [0.15, 0.2) is 0 Å². The van der Waals surface area contributed by atoms with Crippen LogP contribution >= 0.6 is 0 Å². The number of aliphatic hydroxyl groups excluding tert-OH is 1. The first kappa shape index (κ1) is 36.3. The van der Waals surface area contributed by atoms with Crippen molar-refractivity contribution in [3.63, 3.8) is 0 Å². The van der Waals surface area contributed by atoms with E-state index < -0.39 is 0 Å². The summed E-state index contributed by atoms with van der Waals surface area (Å²) >= 11 is 0. The number of carbonyl (C=O) groups is 1. The van der Waals surface area contributed by atoms with Crippen molar-refractivity contribution in [1.29, 1.82) is 0 Å². The van der Waals surface area contributed by atoms with Gasteiger partial charge >= 0.3 is 5.97 Å². The topological polar surface area (TPSA) is 100 Å². The lowest BCUT2D eigenvalue weighted by Gasteiger charge is -2.28. The summed E-state index contributed by atoms with van der Waals surface area (Å²) in [6.45, 7) is 9.29. The second-order valence-corrected chi connectivity index (χ2v) is 13.7. The smallest absolute Gasteiger partial charge is 0.355 e. The standard InChI is InChI=1S/C43H51N5O5/c1-4-52-43(50)42-36(16-9-26-53-39-17-7-12-31-11-5-6-13-34(31)39)35-14-8-15-37(40-30(2)45-46(3)38(40)29-49)41(35)48(42)23-10-22-44-32-18-20-33(21-19-32)47-24-27-51-28-25-47/h5-8,11-15,17-21,30,44-45,49H,4,9-10,16,22-29H2,1-3H3. The van der Waals surface area contributed by atoms with Crippen LogP contribution in [0.25, 0.3) is 27.2 Å². The Balaban J connectivity index is 1.18. The van der Waals surface area contributed by atoms with Crippen LogP contribution in [0.1, 0.15) is 48.3 Å². The Morgan fingerprint density at radius 3 is 2.51 bits per heavy atom. The molecule has 0 spiro atoms. The molecular formula is C43H51N5O5. The number of nitrogens with one attached hydrogen (secondary N) is 2. The molecule has 7 rings (SSSR count). The molecule has 1 fully saturated rings. The summed E-state index contributed by atoms with van der Waals surface area (Å²) in [6, 6.07) is 29.2. The Morgan fingerprint density at radius 2 is 1.72 bits per heavy atom. The Hall–Kier alpha value is -5.03. The maximum atomic E-state index is 14.0. The number of ether oxygens (including phenoxy) is 3. The fourth-order valence-corrected chi connectivity index (χ4v) is 7.88. The third-order valence-corrected chi connectivity index (χ3v) is 10.3. The van der Waals surface area contributed by atoms with Crippen LogP contribution in [0.5, 0.6) is 5.75 Å². The van der Waals surface area contributed by atoms with Gasteiger partial charge in [0.05, 0.1) is 50.3 Å². The van der Waals surface area contributed by atoms with Crippen molar-refractivity contribution < 1.29 is 24.1 Å². The van der Waals surface area contributed by atoms with Gasteiger partial charge in [0.25, 0.3) is 0 Å². The molecule has 0 saturated carbocycles. The van der Waals surface area contributed by atoms with Crippen LogP contribution in [-0.2, 0) is 22.4 Å². The van der Waals surface area contributed by atoms with Crippen molar-refractivity contribution in [2.75, 3.05) is 69.9 Å². The molecule has 1 atom stereocenters. The second kappa shape index (κ2) is 16.8. The average Bonchev–Trinajstić information content (AvgIpc) is 3.67. The number of hydrogen-bond acceptors (Lipinski definition) is 9. The van der Waals surface area contributed by atoms with Crippen molar-refractivity contribution in [1.82, 2.24) is 15.0 Å². The third kappa shape index (κ3) is 7.71. The number of hydrogen-bond donors (Lipinski definition) is 3. The number of carbonyl (C=O) groups excluding carboxylic acids is 1. The van der Waals surface area contributed by atoms with Gasteiger partial charge in [0.2, 0.25) is 0 Å². The largest absolute Gasteiger partial charge is 0.493 e. The first-order valence-corrected chi connectivity index (χ1v) is 18.9. The van der Waals surface area contributed by atoms with Gasteiger partial charge in [-0.15, -0.1) is 0 Å². The minimum absolute atomic E-state index is 0.0261. The summed E-state index contributed by atoms with van der Waals surface area (Å²) < 4.78 is 19.8. The Kier molecular flexibility index (Phi) is 11.5. The SMILES string of the molecule is CCOC(=O)c1c(CCCOc2cccc3ccccc23)c2cccc(C3=C(CO)N(C)NC3C)c2n1CCCNc1ccc(N2CCOCC2)cc1. The van der Waals surface area contributed by atoms with E-state index in [1.807, 2.05) is 43.2 Å². The van der Waals surface area contributed by atoms with E-state index in [0.717, 1.165) is 94.8 Å². The van der Waals surface area contributed by atoms with Crippen LogP contribution in [0.2, 0.25) is 0 Å². The number of anilines is 2. The summed E-state index contributed by atoms with van der Waals surface area (Å²) in [5.74, 6) is 0.536. The van der Waals surface area contributed by atoms with E-state index in [0.29, 0.717) is 31.7 Å². The maximum Gasteiger partial charge on any atom is 0.355 e. The number of rotatable bonds is 15. The van der Waals surface area contributed by atoms with Crippen molar-refractivity contribution in [3.05, 3.63) is 107 Å². The highest BCUT2D eigenvalue weighted by atomic mass is 16.5. The molecule has 0 amide bonds. The number of aromatic nitrogens is 1. The van der Waals surface area contributed by atoms with Gasteiger partial charge < -0.3 is 39.1 Å². The number of hydrazine groups is 1.